The van der Waals surface area contributed by atoms with Gasteiger partial charge in [-0.2, -0.15) is 5.10 Å². The zero-order chi connectivity index (χ0) is 22.5. The van der Waals surface area contributed by atoms with Crippen molar-refractivity contribution in [3.8, 4) is 0 Å². The number of likely N-dealkylation sites (N-methyl/N-ethyl adjacent to an activating group) is 1. The van der Waals surface area contributed by atoms with Crippen LogP contribution in [0.2, 0.25) is 0 Å². The molecule has 2 aromatic rings. The van der Waals surface area contributed by atoms with Crippen molar-refractivity contribution in [1.82, 2.24) is 24.6 Å². The molecular formula is C25H35N5O2. The van der Waals surface area contributed by atoms with Gasteiger partial charge in [0.2, 0.25) is 5.91 Å². The largest absolute Gasteiger partial charge is 0.345 e. The van der Waals surface area contributed by atoms with Gasteiger partial charge in [-0.05, 0) is 63.0 Å². The van der Waals surface area contributed by atoms with Gasteiger partial charge in [-0.3, -0.25) is 19.3 Å². The van der Waals surface area contributed by atoms with Crippen molar-refractivity contribution in [2.24, 2.45) is 13.0 Å². The molecular weight excluding hydrogens is 402 g/mol. The topological polar surface area (TPSA) is 71.3 Å². The van der Waals surface area contributed by atoms with Gasteiger partial charge in [0.15, 0.2) is 0 Å². The molecule has 0 radical (unpaired) electrons. The minimum atomic E-state index is 0.117. The number of rotatable bonds is 7. The van der Waals surface area contributed by atoms with Crippen molar-refractivity contribution >= 4 is 11.8 Å². The molecule has 0 spiro atoms. The molecule has 1 atom stereocenters. The summed E-state index contributed by atoms with van der Waals surface area (Å²) in [7, 11) is 3.76. The van der Waals surface area contributed by atoms with E-state index in [-0.39, 0.29) is 11.8 Å². The van der Waals surface area contributed by atoms with Crippen LogP contribution >= 0.6 is 0 Å². The van der Waals surface area contributed by atoms with E-state index >= 15 is 0 Å². The molecule has 0 bridgehead atoms. The molecule has 2 aliphatic rings. The first-order valence-corrected chi connectivity index (χ1v) is 12.0. The zero-order valence-corrected chi connectivity index (χ0v) is 19.4. The Bertz CT molecular complexity index is 939. The standard InChI is InChI=1S/C25H35N5O2/c1-28(17-14-20-9-5-6-15-26-20)23(31)13-12-19-8-7-16-30(18-19)25(32)24-21-10-3-4-11-22(21)27-29(24)2/h5-6,9,15,19H,3-4,7-8,10-14,16-18H2,1-2H3/t19-/m1/s1. The highest BCUT2D eigenvalue weighted by Gasteiger charge is 2.30. The molecule has 7 nitrogen and oxygen atoms in total. The van der Waals surface area contributed by atoms with E-state index in [4.69, 9.17) is 0 Å². The van der Waals surface area contributed by atoms with Gasteiger partial charge in [0.05, 0.1) is 5.69 Å². The van der Waals surface area contributed by atoms with E-state index in [1.54, 1.807) is 10.9 Å². The zero-order valence-electron chi connectivity index (χ0n) is 19.4. The summed E-state index contributed by atoms with van der Waals surface area (Å²) in [5.41, 5.74) is 4.06. The third-order valence-corrected chi connectivity index (χ3v) is 6.95. The van der Waals surface area contributed by atoms with Crippen molar-refractivity contribution in [3.05, 3.63) is 47.0 Å². The lowest BCUT2D eigenvalue weighted by Gasteiger charge is -2.33. The van der Waals surface area contributed by atoms with Crippen molar-refractivity contribution in [3.63, 3.8) is 0 Å². The molecule has 0 unspecified atom stereocenters. The maximum atomic E-state index is 13.3. The van der Waals surface area contributed by atoms with E-state index < -0.39 is 0 Å². The lowest BCUT2D eigenvalue weighted by molar-refractivity contribution is -0.130. The smallest absolute Gasteiger partial charge is 0.272 e. The Hall–Kier alpha value is -2.70. The van der Waals surface area contributed by atoms with Gasteiger partial charge >= 0.3 is 0 Å². The number of amides is 2. The summed E-state index contributed by atoms with van der Waals surface area (Å²) in [6.07, 6.45) is 10.2. The number of nitrogens with zero attached hydrogens (tertiary/aromatic N) is 5. The Morgan fingerprint density at radius 3 is 2.84 bits per heavy atom. The lowest BCUT2D eigenvalue weighted by atomic mass is 9.92. The number of fused-ring (bicyclic) bond motifs is 1. The van der Waals surface area contributed by atoms with Crippen LogP contribution in [0.5, 0.6) is 0 Å². The van der Waals surface area contributed by atoms with Gasteiger partial charge in [0.1, 0.15) is 5.69 Å². The first-order valence-electron chi connectivity index (χ1n) is 12.0. The van der Waals surface area contributed by atoms with Crippen LogP contribution in [0.15, 0.2) is 24.4 Å². The van der Waals surface area contributed by atoms with Crippen LogP contribution in [-0.4, -0.2) is 63.1 Å². The molecule has 0 saturated carbocycles. The Kier molecular flexibility index (Phi) is 7.22. The number of aromatic nitrogens is 3. The molecule has 2 amide bonds. The van der Waals surface area contributed by atoms with Crippen LogP contribution in [0.1, 0.15) is 66.0 Å². The Morgan fingerprint density at radius 2 is 2.03 bits per heavy atom. The maximum absolute atomic E-state index is 13.3. The first kappa shape index (κ1) is 22.5. The minimum absolute atomic E-state index is 0.117. The van der Waals surface area contributed by atoms with Crippen LogP contribution in [0, 0.1) is 5.92 Å². The summed E-state index contributed by atoms with van der Waals surface area (Å²) < 4.78 is 1.79. The summed E-state index contributed by atoms with van der Waals surface area (Å²) in [4.78, 5) is 34.1. The molecule has 32 heavy (non-hydrogen) atoms. The van der Waals surface area contributed by atoms with Crippen LogP contribution in [0.4, 0.5) is 0 Å². The third-order valence-electron chi connectivity index (χ3n) is 6.95. The first-order chi connectivity index (χ1) is 15.5. The molecule has 1 fully saturated rings. The number of carbonyl (C=O) groups is 2. The molecule has 2 aromatic heterocycles. The van der Waals surface area contributed by atoms with Gasteiger partial charge in [-0.25, -0.2) is 0 Å². The fraction of sp³-hybridized carbons (Fsp3) is 0.600. The monoisotopic (exact) mass is 437 g/mol. The van der Waals surface area contributed by atoms with Crippen LogP contribution in [0.25, 0.3) is 0 Å². The number of hydrogen-bond donors (Lipinski definition) is 0. The molecule has 4 rings (SSSR count). The fourth-order valence-corrected chi connectivity index (χ4v) is 5.06. The predicted octanol–water partition coefficient (Wildman–Crippen LogP) is 3.03. The average Bonchev–Trinajstić information content (AvgIpc) is 3.17. The quantitative estimate of drug-likeness (QED) is 0.668. The van der Waals surface area contributed by atoms with Crippen LogP contribution in [0.3, 0.4) is 0 Å². The van der Waals surface area contributed by atoms with Crippen molar-refractivity contribution < 1.29 is 9.59 Å². The number of likely N-dealkylation sites (tertiary alicyclic amines) is 1. The van der Waals surface area contributed by atoms with Gasteiger partial charge in [0.25, 0.3) is 5.91 Å². The van der Waals surface area contributed by atoms with Crippen molar-refractivity contribution in [2.75, 3.05) is 26.7 Å². The number of piperidine rings is 1. The van der Waals surface area contributed by atoms with Crippen molar-refractivity contribution in [1.29, 1.82) is 0 Å². The second-order valence-electron chi connectivity index (χ2n) is 9.29. The molecule has 172 valence electrons. The van der Waals surface area contributed by atoms with Gasteiger partial charge in [-0.1, -0.05) is 6.07 Å². The summed E-state index contributed by atoms with van der Waals surface area (Å²) in [5, 5.41) is 4.62. The Balaban J connectivity index is 1.28. The second kappa shape index (κ2) is 10.3. The van der Waals surface area contributed by atoms with E-state index in [0.29, 0.717) is 18.9 Å². The maximum Gasteiger partial charge on any atom is 0.272 e. The van der Waals surface area contributed by atoms with E-state index in [0.717, 1.165) is 87.1 Å². The predicted molar refractivity (Wildman–Crippen MR) is 123 cm³/mol. The normalized spacial score (nSPS) is 18.3. The number of pyridine rings is 1. The molecule has 3 heterocycles. The van der Waals surface area contributed by atoms with Crippen molar-refractivity contribution in [2.45, 2.75) is 57.8 Å². The summed E-state index contributed by atoms with van der Waals surface area (Å²) in [6, 6.07) is 5.87. The lowest BCUT2D eigenvalue weighted by Crippen LogP contribution is -2.41. The highest BCUT2D eigenvalue weighted by molar-refractivity contribution is 5.94. The highest BCUT2D eigenvalue weighted by Crippen LogP contribution is 2.27. The average molecular weight is 438 g/mol. The van der Waals surface area contributed by atoms with E-state index in [2.05, 4.69) is 10.1 Å². The Labute approximate surface area is 190 Å². The highest BCUT2D eigenvalue weighted by atomic mass is 16.2. The van der Waals surface area contributed by atoms with Crippen LogP contribution < -0.4 is 0 Å². The minimum Gasteiger partial charge on any atom is -0.345 e. The van der Waals surface area contributed by atoms with Gasteiger partial charge in [0, 0.05) is 64.0 Å². The molecule has 0 aromatic carbocycles. The fourth-order valence-electron chi connectivity index (χ4n) is 5.06. The molecule has 7 heteroatoms. The number of aryl methyl sites for hydroxylation is 2. The van der Waals surface area contributed by atoms with E-state index in [1.807, 2.05) is 42.1 Å². The van der Waals surface area contributed by atoms with Crippen LogP contribution in [-0.2, 0) is 31.1 Å². The number of hydrogen-bond acceptors (Lipinski definition) is 4. The molecule has 1 aliphatic heterocycles. The Morgan fingerprint density at radius 1 is 1.19 bits per heavy atom. The van der Waals surface area contributed by atoms with E-state index in [1.165, 1.54) is 0 Å². The summed E-state index contributed by atoms with van der Waals surface area (Å²) in [6.45, 7) is 2.22. The molecule has 0 N–H and O–H groups in total. The third kappa shape index (κ3) is 5.19. The summed E-state index contributed by atoms with van der Waals surface area (Å²) >= 11 is 0. The molecule has 1 aliphatic carbocycles. The van der Waals surface area contributed by atoms with E-state index in [9.17, 15) is 9.59 Å². The molecule has 1 saturated heterocycles. The SMILES string of the molecule is CN(CCc1ccccn1)C(=O)CC[C@H]1CCCN(C(=O)c2c3c(nn2C)CCCC3)C1. The number of carbonyl (C=O) groups excluding carboxylic acids is 2. The van der Waals surface area contributed by atoms with Gasteiger partial charge < -0.3 is 9.80 Å². The van der Waals surface area contributed by atoms with Gasteiger partial charge in [-0.15, -0.1) is 0 Å². The summed E-state index contributed by atoms with van der Waals surface area (Å²) in [5.74, 6) is 0.668. The second-order valence-corrected chi connectivity index (χ2v) is 9.29.